The topological polar surface area (TPSA) is 0 Å². The zero-order valence-electron chi connectivity index (χ0n) is 24.4. The van der Waals surface area contributed by atoms with Gasteiger partial charge in [0.2, 0.25) is 0 Å². The molecule has 8 aromatic carbocycles. The zero-order valence-corrected chi connectivity index (χ0v) is 24.4. The van der Waals surface area contributed by atoms with E-state index in [1.807, 2.05) is 0 Å². The van der Waals surface area contributed by atoms with Crippen LogP contribution in [0.3, 0.4) is 0 Å². The highest BCUT2D eigenvalue weighted by molar-refractivity contribution is 6.20. The molecule has 0 heterocycles. The molecule has 9 rings (SSSR count). The van der Waals surface area contributed by atoms with E-state index in [1.54, 1.807) is 0 Å². The number of rotatable bonds is 2. The molecule has 0 aliphatic heterocycles. The summed E-state index contributed by atoms with van der Waals surface area (Å²) in [6, 6.07) is 54.2. The van der Waals surface area contributed by atoms with Crippen molar-refractivity contribution in [3.8, 4) is 33.4 Å². The van der Waals surface area contributed by atoms with Gasteiger partial charge in [-0.1, -0.05) is 129 Å². The Labute approximate surface area is 251 Å². The normalized spacial score (nSPS) is 13.5. The van der Waals surface area contributed by atoms with Gasteiger partial charge in [-0.15, -0.1) is 0 Å². The molecular weight excluding hydrogens is 516 g/mol. The summed E-state index contributed by atoms with van der Waals surface area (Å²) < 4.78 is 0. The van der Waals surface area contributed by atoms with Gasteiger partial charge in [0.05, 0.1) is 0 Å². The smallest absolute Gasteiger partial charge is 0.0159 e. The highest BCUT2D eigenvalue weighted by atomic mass is 14.4. The molecule has 43 heavy (non-hydrogen) atoms. The fourth-order valence-corrected chi connectivity index (χ4v) is 7.59. The number of hydrogen-bond acceptors (Lipinski definition) is 0. The Bertz CT molecular complexity index is 2420. The van der Waals surface area contributed by atoms with Gasteiger partial charge >= 0.3 is 0 Å². The van der Waals surface area contributed by atoms with Crippen LogP contribution in [0, 0.1) is 0 Å². The molecule has 0 bridgehead atoms. The van der Waals surface area contributed by atoms with E-state index in [9.17, 15) is 0 Å². The number of hydrogen-bond donors (Lipinski definition) is 0. The molecule has 0 nitrogen and oxygen atoms in total. The predicted octanol–water partition coefficient (Wildman–Crippen LogP) is 11.9. The van der Waals surface area contributed by atoms with Gasteiger partial charge in [0, 0.05) is 5.41 Å². The van der Waals surface area contributed by atoms with Gasteiger partial charge < -0.3 is 0 Å². The van der Waals surface area contributed by atoms with Gasteiger partial charge in [-0.2, -0.15) is 0 Å². The number of fused-ring (bicyclic) bond motifs is 8. The monoisotopic (exact) mass is 546 g/mol. The fraction of sp³-hybridized carbons (Fsp3) is 0.0698. The van der Waals surface area contributed by atoms with Crippen LogP contribution >= 0.6 is 0 Å². The van der Waals surface area contributed by atoms with Crippen molar-refractivity contribution in [3.05, 3.63) is 157 Å². The highest BCUT2D eigenvalue weighted by Crippen LogP contribution is 2.51. The highest BCUT2D eigenvalue weighted by Gasteiger charge is 2.35. The van der Waals surface area contributed by atoms with E-state index in [4.69, 9.17) is 0 Å². The molecule has 0 amide bonds. The van der Waals surface area contributed by atoms with Gasteiger partial charge in [0.15, 0.2) is 0 Å². The van der Waals surface area contributed by atoms with E-state index in [2.05, 4.69) is 159 Å². The number of benzene rings is 8. The molecule has 1 aliphatic carbocycles. The van der Waals surface area contributed by atoms with Gasteiger partial charge in [-0.25, -0.2) is 0 Å². The molecule has 0 heteroatoms. The van der Waals surface area contributed by atoms with E-state index in [1.165, 1.54) is 87.6 Å². The Morgan fingerprint density at radius 3 is 1.84 bits per heavy atom. The summed E-state index contributed by atoms with van der Waals surface area (Å²) in [4.78, 5) is 0. The van der Waals surface area contributed by atoms with Gasteiger partial charge in [-0.05, 0) is 118 Å². The average Bonchev–Trinajstić information content (AvgIpc) is 3.27. The Balaban J connectivity index is 1.23. The van der Waals surface area contributed by atoms with Crippen LogP contribution in [0.4, 0.5) is 0 Å². The van der Waals surface area contributed by atoms with E-state index in [0.29, 0.717) is 0 Å². The van der Waals surface area contributed by atoms with Gasteiger partial charge in [0.1, 0.15) is 0 Å². The fourth-order valence-electron chi connectivity index (χ4n) is 7.59. The Morgan fingerprint density at radius 1 is 0.349 bits per heavy atom. The quantitative estimate of drug-likeness (QED) is 0.149. The van der Waals surface area contributed by atoms with E-state index >= 15 is 0 Å². The maximum absolute atomic E-state index is 2.44. The molecule has 0 spiro atoms. The third-order valence-corrected chi connectivity index (χ3v) is 9.80. The average molecular weight is 547 g/mol. The molecule has 0 fully saturated rings. The Kier molecular flexibility index (Phi) is 5.05. The summed E-state index contributed by atoms with van der Waals surface area (Å²) in [6.07, 6.45) is 0. The van der Waals surface area contributed by atoms with Gasteiger partial charge in [-0.3, -0.25) is 0 Å². The Morgan fingerprint density at radius 2 is 1.00 bits per heavy atom. The minimum atomic E-state index is -0.0603. The molecule has 0 saturated carbocycles. The maximum atomic E-state index is 2.44. The summed E-state index contributed by atoms with van der Waals surface area (Å²) in [6.45, 7) is 4.75. The molecule has 0 aromatic heterocycles. The second-order valence-electron chi connectivity index (χ2n) is 12.6. The lowest BCUT2D eigenvalue weighted by molar-refractivity contribution is 0.661. The van der Waals surface area contributed by atoms with Crippen LogP contribution in [0.25, 0.3) is 76.5 Å². The van der Waals surface area contributed by atoms with Crippen LogP contribution in [-0.4, -0.2) is 0 Å². The molecule has 0 radical (unpaired) electrons. The van der Waals surface area contributed by atoms with Crippen LogP contribution in [0.2, 0.25) is 0 Å². The second kappa shape index (κ2) is 8.90. The van der Waals surface area contributed by atoms with Crippen molar-refractivity contribution < 1.29 is 0 Å². The van der Waals surface area contributed by atoms with Crippen molar-refractivity contribution in [1.82, 2.24) is 0 Å². The van der Waals surface area contributed by atoms with Crippen molar-refractivity contribution in [2.45, 2.75) is 19.3 Å². The van der Waals surface area contributed by atoms with Crippen molar-refractivity contribution >= 4 is 43.1 Å². The van der Waals surface area contributed by atoms with Crippen molar-refractivity contribution in [3.63, 3.8) is 0 Å². The third kappa shape index (κ3) is 3.57. The second-order valence-corrected chi connectivity index (χ2v) is 12.6. The first kappa shape index (κ1) is 24.4. The first-order valence-corrected chi connectivity index (χ1v) is 15.2. The summed E-state index contributed by atoms with van der Waals surface area (Å²) in [5, 5.41) is 10.4. The van der Waals surface area contributed by atoms with E-state index in [-0.39, 0.29) is 5.41 Å². The van der Waals surface area contributed by atoms with E-state index in [0.717, 1.165) is 0 Å². The van der Waals surface area contributed by atoms with Crippen molar-refractivity contribution in [2.75, 3.05) is 0 Å². The molecule has 1 aliphatic rings. The third-order valence-electron chi connectivity index (χ3n) is 9.80. The summed E-state index contributed by atoms with van der Waals surface area (Å²) in [5.74, 6) is 0. The molecule has 202 valence electrons. The van der Waals surface area contributed by atoms with Crippen LogP contribution in [0.15, 0.2) is 146 Å². The van der Waals surface area contributed by atoms with E-state index < -0.39 is 0 Å². The molecule has 0 unspecified atom stereocenters. The zero-order chi connectivity index (χ0) is 28.7. The standard InChI is InChI=1S/C43H30/c1-43(2)40-26-31(19-20-36(40)39-23-29-11-3-4-12-30(29)25-41(39)43)28-14-9-15-33(22-28)42-35-17-8-6-13-32(35)24-38-34-16-7-5-10-27(34)18-21-37(38)42/h3-26H,1-2H3. The maximum Gasteiger partial charge on any atom is 0.0159 e. The summed E-state index contributed by atoms with van der Waals surface area (Å²) >= 11 is 0. The van der Waals surface area contributed by atoms with Crippen LogP contribution < -0.4 is 0 Å². The van der Waals surface area contributed by atoms with Crippen LogP contribution in [0.1, 0.15) is 25.0 Å². The van der Waals surface area contributed by atoms with Crippen LogP contribution in [0.5, 0.6) is 0 Å². The Hall–Kier alpha value is -5.20. The largest absolute Gasteiger partial charge is 0.0616 e. The lowest BCUT2D eigenvalue weighted by atomic mass is 9.81. The summed E-state index contributed by atoms with van der Waals surface area (Å²) in [7, 11) is 0. The first-order valence-electron chi connectivity index (χ1n) is 15.2. The summed E-state index contributed by atoms with van der Waals surface area (Å²) in [5.41, 5.74) is 10.6. The van der Waals surface area contributed by atoms with Crippen molar-refractivity contribution in [1.29, 1.82) is 0 Å². The lowest BCUT2D eigenvalue weighted by Crippen LogP contribution is -2.15. The first-order chi connectivity index (χ1) is 21.1. The molecule has 0 atom stereocenters. The van der Waals surface area contributed by atoms with Gasteiger partial charge in [0.25, 0.3) is 0 Å². The molecular formula is C43H30. The molecule has 8 aromatic rings. The molecule has 0 saturated heterocycles. The molecule has 0 N–H and O–H groups in total. The lowest BCUT2D eigenvalue weighted by Gasteiger charge is -2.22. The SMILES string of the molecule is CC1(C)c2cc(-c3cccc(-c4c5ccccc5cc5c4ccc4ccccc45)c3)ccc2-c2cc3ccccc3cc21. The van der Waals surface area contributed by atoms with Crippen molar-refractivity contribution in [2.24, 2.45) is 0 Å². The van der Waals surface area contributed by atoms with Crippen LogP contribution in [-0.2, 0) is 5.41 Å². The minimum Gasteiger partial charge on any atom is -0.0616 e. The predicted molar refractivity (Wildman–Crippen MR) is 185 cm³/mol. The minimum absolute atomic E-state index is 0.0603.